The average molecular weight is 401 g/mol. The average Bonchev–Trinajstić information content (AvgIpc) is 3.12. The van der Waals surface area contributed by atoms with Crippen LogP contribution in [0.2, 0.25) is 0 Å². The van der Waals surface area contributed by atoms with Gasteiger partial charge in [-0.2, -0.15) is 0 Å². The van der Waals surface area contributed by atoms with Crippen molar-refractivity contribution in [2.45, 2.75) is 71.5 Å². The molecule has 3 rings (SSSR count). The van der Waals surface area contributed by atoms with Crippen molar-refractivity contribution in [1.82, 2.24) is 4.90 Å². The molecular formula is C22H32BNO5. The van der Waals surface area contributed by atoms with Crippen LogP contribution in [0.3, 0.4) is 0 Å². The van der Waals surface area contributed by atoms with Crippen molar-refractivity contribution in [3.8, 4) is 0 Å². The Morgan fingerprint density at radius 1 is 1.07 bits per heavy atom. The zero-order valence-electron chi connectivity index (χ0n) is 18.5. The van der Waals surface area contributed by atoms with E-state index in [1.165, 1.54) is 4.90 Å². The molecule has 0 radical (unpaired) electrons. The van der Waals surface area contributed by atoms with Gasteiger partial charge in [-0.15, -0.1) is 0 Å². The second kappa shape index (κ2) is 7.76. The minimum atomic E-state index is -0.600. The molecule has 0 N–H and O–H groups in total. The van der Waals surface area contributed by atoms with E-state index in [2.05, 4.69) is 0 Å². The van der Waals surface area contributed by atoms with Gasteiger partial charge in [0.15, 0.2) is 0 Å². The Bertz CT molecular complexity index is 748. The first-order chi connectivity index (χ1) is 13.5. The van der Waals surface area contributed by atoms with E-state index in [0.29, 0.717) is 0 Å². The quantitative estimate of drug-likeness (QED) is 0.697. The normalized spacial score (nSPS) is 25.2. The lowest BCUT2D eigenvalue weighted by Crippen LogP contribution is -2.47. The Kier molecular flexibility index (Phi) is 5.85. The van der Waals surface area contributed by atoms with Gasteiger partial charge >= 0.3 is 13.2 Å². The fourth-order valence-corrected chi connectivity index (χ4v) is 3.95. The minimum Gasteiger partial charge on any atom is -0.447 e. The molecule has 0 saturated carbocycles. The third kappa shape index (κ3) is 3.95. The van der Waals surface area contributed by atoms with Crippen molar-refractivity contribution in [3.05, 3.63) is 35.9 Å². The smallest absolute Gasteiger partial charge is 0.447 e. The highest BCUT2D eigenvalue weighted by atomic mass is 16.7. The Morgan fingerprint density at radius 2 is 1.62 bits per heavy atom. The maximum Gasteiger partial charge on any atom is 0.466 e. The molecule has 3 atom stereocenters. The summed E-state index contributed by atoms with van der Waals surface area (Å²) in [6.45, 7) is 14.0. The van der Waals surface area contributed by atoms with Crippen molar-refractivity contribution in [3.63, 3.8) is 0 Å². The third-order valence-electron chi connectivity index (χ3n) is 6.59. The molecule has 7 heteroatoms. The van der Waals surface area contributed by atoms with Gasteiger partial charge < -0.3 is 14.0 Å². The van der Waals surface area contributed by atoms with Gasteiger partial charge in [0.05, 0.1) is 17.2 Å². The van der Waals surface area contributed by atoms with Crippen LogP contribution in [0, 0.1) is 11.8 Å². The first kappa shape index (κ1) is 21.8. The van der Waals surface area contributed by atoms with E-state index in [1.54, 1.807) is 0 Å². The van der Waals surface area contributed by atoms with Crippen molar-refractivity contribution < 1.29 is 23.6 Å². The van der Waals surface area contributed by atoms with Crippen LogP contribution in [0.5, 0.6) is 0 Å². The van der Waals surface area contributed by atoms with Crippen LogP contribution in [-0.4, -0.2) is 47.9 Å². The molecule has 2 amide bonds. The van der Waals surface area contributed by atoms with Gasteiger partial charge in [-0.1, -0.05) is 51.1 Å². The van der Waals surface area contributed by atoms with Crippen LogP contribution < -0.4 is 0 Å². The molecule has 29 heavy (non-hydrogen) atoms. The van der Waals surface area contributed by atoms with E-state index in [-0.39, 0.29) is 30.3 Å². The summed E-state index contributed by atoms with van der Waals surface area (Å²) in [5, 5.41) is 0. The zero-order valence-corrected chi connectivity index (χ0v) is 18.5. The van der Waals surface area contributed by atoms with Crippen LogP contribution in [0.15, 0.2) is 30.3 Å². The molecule has 1 aromatic carbocycles. The monoisotopic (exact) mass is 401 g/mol. The third-order valence-corrected chi connectivity index (χ3v) is 6.59. The lowest BCUT2D eigenvalue weighted by atomic mass is 9.61. The number of carbonyl (C=O) groups excluding carboxylic acids is 2. The summed E-state index contributed by atoms with van der Waals surface area (Å²) in [5.74, 6) is -1.02. The maximum absolute atomic E-state index is 13.5. The Labute approximate surface area is 174 Å². The van der Waals surface area contributed by atoms with Crippen molar-refractivity contribution in [2.24, 2.45) is 11.8 Å². The van der Waals surface area contributed by atoms with Gasteiger partial charge in [0.2, 0.25) is 5.91 Å². The Balaban J connectivity index is 1.95. The molecule has 158 valence electrons. The Morgan fingerprint density at radius 3 is 2.14 bits per heavy atom. The van der Waals surface area contributed by atoms with E-state index in [1.807, 2.05) is 78.8 Å². The molecule has 0 spiro atoms. The highest BCUT2D eigenvalue weighted by molar-refractivity contribution is 6.48. The molecule has 2 heterocycles. The molecule has 0 bridgehead atoms. The van der Waals surface area contributed by atoms with Crippen molar-refractivity contribution in [2.75, 3.05) is 6.61 Å². The van der Waals surface area contributed by atoms with E-state index in [0.717, 1.165) is 5.56 Å². The SMILES string of the molecule is CC(C)[C@H]1COC(=O)N1C(=O)[C@H](C)[C@@H](B1OC(C)(C)C(C)(C)O1)c1ccccc1. The summed E-state index contributed by atoms with van der Waals surface area (Å²) in [4.78, 5) is 27.1. The Hall–Kier alpha value is -1.86. The van der Waals surface area contributed by atoms with E-state index < -0.39 is 30.3 Å². The van der Waals surface area contributed by atoms with Crippen LogP contribution >= 0.6 is 0 Å². The number of benzene rings is 1. The molecular weight excluding hydrogens is 369 g/mol. The summed E-state index contributed by atoms with van der Waals surface area (Å²) in [5.41, 5.74) is -0.0819. The first-order valence-electron chi connectivity index (χ1n) is 10.4. The lowest BCUT2D eigenvalue weighted by Gasteiger charge is -2.32. The minimum absolute atomic E-state index is 0.115. The second-order valence-electron chi connectivity index (χ2n) is 9.45. The standard InChI is InChI=1S/C22H32BNO5/c1-14(2)17-13-27-20(26)24(17)19(25)15(3)18(16-11-9-8-10-12-16)23-28-21(4,5)22(6,7)29-23/h8-12,14-15,17-18H,13H2,1-7H3/t15-,17-,18-/m1/s1. The van der Waals surface area contributed by atoms with Crippen LogP contribution in [0.25, 0.3) is 0 Å². The fraction of sp³-hybridized carbons (Fsp3) is 0.636. The van der Waals surface area contributed by atoms with Crippen molar-refractivity contribution >= 4 is 19.1 Å². The molecule has 0 aromatic heterocycles. The number of imide groups is 1. The van der Waals surface area contributed by atoms with Crippen LogP contribution in [0.4, 0.5) is 4.79 Å². The number of hydrogen-bond acceptors (Lipinski definition) is 5. The zero-order chi connectivity index (χ0) is 21.6. The van der Waals surface area contributed by atoms with Crippen LogP contribution in [-0.2, 0) is 18.8 Å². The number of nitrogens with zero attached hydrogens (tertiary/aromatic N) is 1. The number of rotatable bonds is 5. The van der Waals surface area contributed by atoms with Gasteiger partial charge in [-0.25, -0.2) is 9.69 Å². The van der Waals surface area contributed by atoms with Crippen molar-refractivity contribution in [1.29, 1.82) is 0 Å². The van der Waals surface area contributed by atoms with Gasteiger partial charge in [0.1, 0.15) is 6.61 Å². The molecule has 0 aliphatic carbocycles. The van der Waals surface area contributed by atoms with Gasteiger partial charge in [0.25, 0.3) is 0 Å². The highest BCUT2D eigenvalue weighted by Crippen LogP contribution is 2.43. The molecule has 1 aromatic rings. The molecule has 2 aliphatic rings. The topological polar surface area (TPSA) is 65.1 Å². The maximum atomic E-state index is 13.5. The van der Waals surface area contributed by atoms with E-state index in [4.69, 9.17) is 14.0 Å². The molecule has 2 aliphatic heterocycles. The van der Waals surface area contributed by atoms with Gasteiger partial charge in [-0.3, -0.25) is 4.79 Å². The number of hydrogen-bond donors (Lipinski definition) is 0. The summed E-state index contributed by atoms with van der Waals surface area (Å²) >= 11 is 0. The van der Waals surface area contributed by atoms with E-state index >= 15 is 0 Å². The predicted octanol–water partition coefficient (Wildman–Crippen LogP) is 4.04. The fourth-order valence-electron chi connectivity index (χ4n) is 3.95. The summed E-state index contributed by atoms with van der Waals surface area (Å²) in [7, 11) is -0.600. The molecule has 2 fully saturated rings. The molecule has 2 saturated heterocycles. The molecule has 0 unspecified atom stereocenters. The largest absolute Gasteiger partial charge is 0.466 e. The summed E-state index contributed by atoms with van der Waals surface area (Å²) in [6, 6.07) is 9.50. The number of ether oxygens (including phenoxy) is 1. The van der Waals surface area contributed by atoms with Gasteiger partial charge in [-0.05, 0) is 39.2 Å². The first-order valence-corrected chi connectivity index (χ1v) is 10.4. The highest BCUT2D eigenvalue weighted by Gasteiger charge is 2.56. The van der Waals surface area contributed by atoms with Gasteiger partial charge in [0, 0.05) is 11.7 Å². The van der Waals surface area contributed by atoms with E-state index in [9.17, 15) is 9.59 Å². The number of amides is 2. The molecule has 6 nitrogen and oxygen atoms in total. The summed E-state index contributed by atoms with van der Waals surface area (Å²) in [6.07, 6.45) is -0.568. The predicted molar refractivity (Wildman–Crippen MR) is 111 cm³/mol. The second-order valence-corrected chi connectivity index (χ2v) is 9.45. The number of cyclic esters (lactones) is 1. The number of carbonyl (C=O) groups is 2. The van der Waals surface area contributed by atoms with Crippen LogP contribution in [0.1, 0.15) is 59.8 Å². The summed E-state index contributed by atoms with van der Waals surface area (Å²) < 4.78 is 17.8. The lowest BCUT2D eigenvalue weighted by molar-refractivity contribution is -0.133.